The molecule has 3 rings (SSSR count). The van der Waals surface area contributed by atoms with E-state index in [1.807, 2.05) is 12.3 Å². The summed E-state index contributed by atoms with van der Waals surface area (Å²) in [5, 5.41) is 6.89. The van der Waals surface area contributed by atoms with Gasteiger partial charge in [-0.1, -0.05) is 0 Å². The van der Waals surface area contributed by atoms with Crippen LogP contribution in [0.4, 0.5) is 11.8 Å². The zero-order chi connectivity index (χ0) is 13.2. The number of hydrogen-bond acceptors (Lipinski definition) is 5. The standard InChI is InChI=1S/C14H23N5/c1-10(2)17-14-16-7-5-13(18-14)19-8-11-4-3-6-15-12(11)9-19/h5,7,10-12,15H,3-4,6,8-9H2,1-2H3,(H,16,17,18). The van der Waals surface area contributed by atoms with Crippen LogP contribution < -0.4 is 15.5 Å². The van der Waals surface area contributed by atoms with Crippen molar-refractivity contribution >= 4 is 11.8 Å². The van der Waals surface area contributed by atoms with Crippen LogP contribution in [0.5, 0.6) is 0 Å². The monoisotopic (exact) mass is 261 g/mol. The fourth-order valence-corrected chi connectivity index (χ4v) is 3.09. The summed E-state index contributed by atoms with van der Waals surface area (Å²) in [6, 6.07) is 3.02. The molecule has 0 radical (unpaired) electrons. The highest BCUT2D eigenvalue weighted by Crippen LogP contribution is 2.28. The van der Waals surface area contributed by atoms with E-state index in [2.05, 4.69) is 39.3 Å². The lowest BCUT2D eigenvalue weighted by Gasteiger charge is -2.24. The van der Waals surface area contributed by atoms with Crippen LogP contribution >= 0.6 is 0 Å². The summed E-state index contributed by atoms with van der Waals surface area (Å²) >= 11 is 0. The molecule has 1 aromatic heterocycles. The normalized spacial score (nSPS) is 26.6. The maximum atomic E-state index is 4.63. The van der Waals surface area contributed by atoms with Gasteiger partial charge in [0.05, 0.1) is 0 Å². The van der Waals surface area contributed by atoms with Gasteiger partial charge in [0.25, 0.3) is 0 Å². The smallest absolute Gasteiger partial charge is 0.224 e. The average molecular weight is 261 g/mol. The molecule has 5 heteroatoms. The Labute approximate surface area is 114 Å². The molecule has 2 aliphatic rings. The van der Waals surface area contributed by atoms with Crippen molar-refractivity contribution in [2.45, 2.75) is 38.8 Å². The Morgan fingerprint density at radius 2 is 2.32 bits per heavy atom. The van der Waals surface area contributed by atoms with Crippen LogP contribution in [-0.4, -0.2) is 41.7 Å². The van der Waals surface area contributed by atoms with E-state index in [4.69, 9.17) is 0 Å². The molecule has 0 spiro atoms. The zero-order valence-corrected chi connectivity index (χ0v) is 11.8. The van der Waals surface area contributed by atoms with E-state index < -0.39 is 0 Å². The molecule has 5 nitrogen and oxygen atoms in total. The number of nitrogens with one attached hydrogen (secondary N) is 2. The van der Waals surface area contributed by atoms with E-state index in [9.17, 15) is 0 Å². The molecule has 0 aliphatic carbocycles. The molecule has 104 valence electrons. The summed E-state index contributed by atoms with van der Waals surface area (Å²) in [7, 11) is 0. The van der Waals surface area contributed by atoms with Gasteiger partial charge in [-0.25, -0.2) is 4.98 Å². The Morgan fingerprint density at radius 3 is 3.11 bits per heavy atom. The SMILES string of the molecule is CC(C)Nc1nccc(N2CC3CCCNC3C2)n1. The second kappa shape index (κ2) is 5.33. The molecule has 2 saturated heterocycles. The maximum absolute atomic E-state index is 4.63. The van der Waals surface area contributed by atoms with Crippen molar-refractivity contribution in [3.8, 4) is 0 Å². The van der Waals surface area contributed by atoms with Crippen molar-refractivity contribution in [3.63, 3.8) is 0 Å². The van der Waals surface area contributed by atoms with Crippen LogP contribution in [0.1, 0.15) is 26.7 Å². The molecule has 2 atom stereocenters. The first-order valence-electron chi connectivity index (χ1n) is 7.30. The van der Waals surface area contributed by atoms with Crippen molar-refractivity contribution < 1.29 is 0 Å². The summed E-state index contributed by atoms with van der Waals surface area (Å²) in [4.78, 5) is 11.3. The molecule has 2 fully saturated rings. The molecule has 0 aromatic carbocycles. The second-order valence-corrected chi connectivity index (χ2v) is 5.91. The Kier molecular flexibility index (Phi) is 3.55. The topological polar surface area (TPSA) is 53.1 Å². The van der Waals surface area contributed by atoms with Crippen LogP contribution in [-0.2, 0) is 0 Å². The molecule has 0 saturated carbocycles. The average Bonchev–Trinajstić information content (AvgIpc) is 2.82. The van der Waals surface area contributed by atoms with Crippen LogP contribution in [0, 0.1) is 5.92 Å². The van der Waals surface area contributed by atoms with E-state index in [0.717, 1.165) is 30.8 Å². The van der Waals surface area contributed by atoms with Gasteiger partial charge in [0.1, 0.15) is 5.82 Å². The number of nitrogens with zero attached hydrogens (tertiary/aromatic N) is 3. The lowest BCUT2D eigenvalue weighted by Crippen LogP contribution is -2.40. The number of fused-ring (bicyclic) bond motifs is 1. The fourth-order valence-electron chi connectivity index (χ4n) is 3.09. The molecule has 1 aromatic rings. The van der Waals surface area contributed by atoms with Crippen LogP contribution in [0.15, 0.2) is 12.3 Å². The highest BCUT2D eigenvalue weighted by Gasteiger charge is 2.34. The van der Waals surface area contributed by atoms with Crippen molar-refractivity contribution in [2.24, 2.45) is 5.92 Å². The molecule has 19 heavy (non-hydrogen) atoms. The van der Waals surface area contributed by atoms with Gasteiger partial charge in [-0.15, -0.1) is 0 Å². The van der Waals surface area contributed by atoms with Crippen molar-refractivity contribution in [1.29, 1.82) is 0 Å². The molecule has 2 N–H and O–H groups in total. The summed E-state index contributed by atoms with van der Waals surface area (Å²) in [6.07, 6.45) is 4.50. The van der Waals surface area contributed by atoms with Gasteiger partial charge in [-0.05, 0) is 45.2 Å². The van der Waals surface area contributed by atoms with Crippen molar-refractivity contribution in [3.05, 3.63) is 12.3 Å². The van der Waals surface area contributed by atoms with Gasteiger partial charge >= 0.3 is 0 Å². The number of piperidine rings is 1. The molecule has 2 aliphatic heterocycles. The Bertz CT molecular complexity index is 420. The van der Waals surface area contributed by atoms with E-state index in [0.29, 0.717) is 12.1 Å². The molecule has 3 heterocycles. The third-order valence-electron chi connectivity index (χ3n) is 3.98. The quantitative estimate of drug-likeness (QED) is 0.863. The highest BCUT2D eigenvalue weighted by atomic mass is 15.3. The summed E-state index contributed by atoms with van der Waals surface area (Å²) < 4.78 is 0. The van der Waals surface area contributed by atoms with E-state index >= 15 is 0 Å². The third-order valence-corrected chi connectivity index (χ3v) is 3.98. The minimum Gasteiger partial charge on any atom is -0.355 e. The number of aromatic nitrogens is 2. The van der Waals surface area contributed by atoms with E-state index in [1.54, 1.807) is 0 Å². The Morgan fingerprint density at radius 1 is 1.42 bits per heavy atom. The predicted molar refractivity (Wildman–Crippen MR) is 77.5 cm³/mol. The first-order chi connectivity index (χ1) is 9.22. The van der Waals surface area contributed by atoms with Gasteiger partial charge in [0.15, 0.2) is 0 Å². The molecular weight excluding hydrogens is 238 g/mol. The molecule has 0 amide bonds. The van der Waals surface area contributed by atoms with Crippen LogP contribution in [0.3, 0.4) is 0 Å². The summed E-state index contributed by atoms with van der Waals surface area (Å²) in [5.74, 6) is 2.56. The van der Waals surface area contributed by atoms with Gasteiger partial charge in [-0.2, -0.15) is 4.98 Å². The Hall–Kier alpha value is -1.36. The van der Waals surface area contributed by atoms with Crippen molar-refractivity contribution in [2.75, 3.05) is 29.9 Å². The van der Waals surface area contributed by atoms with Gasteiger partial charge in [0, 0.05) is 31.4 Å². The number of rotatable bonds is 3. The third kappa shape index (κ3) is 2.81. The summed E-state index contributed by atoms with van der Waals surface area (Å²) in [5.41, 5.74) is 0. The Balaban J connectivity index is 1.72. The number of anilines is 2. The number of hydrogen-bond donors (Lipinski definition) is 2. The molecule has 2 unspecified atom stereocenters. The zero-order valence-electron chi connectivity index (χ0n) is 11.8. The highest BCUT2D eigenvalue weighted by molar-refractivity contribution is 5.44. The lowest BCUT2D eigenvalue weighted by molar-refractivity contribution is 0.340. The van der Waals surface area contributed by atoms with E-state index in [-0.39, 0.29) is 0 Å². The second-order valence-electron chi connectivity index (χ2n) is 5.91. The molecule has 0 bridgehead atoms. The largest absolute Gasteiger partial charge is 0.355 e. The minimum absolute atomic E-state index is 0.359. The van der Waals surface area contributed by atoms with Gasteiger partial charge in [-0.3, -0.25) is 0 Å². The van der Waals surface area contributed by atoms with E-state index in [1.165, 1.54) is 19.4 Å². The van der Waals surface area contributed by atoms with Crippen molar-refractivity contribution in [1.82, 2.24) is 15.3 Å². The van der Waals surface area contributed by atoms with Crippen LogP contribution in [0.2, 0.25) is 0 Å². The minimum atomic E-state index is 0.359. The van der Waals surface area contributed by atoms with Gasteiger partial charge < -0.3 is 15.5 Å². The van der Waals surface area contributed by atoms with Gasteiger partial charge in [0.2, 0.25) is 5.95 Å². The summed E-state index contributed by atoms with van der Waals surface area (Å²) in [6.45, 7) is 7.56. The van der Waals surface area contributed by atoms with Crippen LogP contribution in [0.25, 0.3) is 0 Å². The predicted octanol–water partition coefficient (Wildman–Crippen LogP) is 1.49. The lowest BCUT2D eigenvalue weighted by atomic mass is 9.94. The first-order valence-corrected chi connectivity index (χ1v) is 7.30. The first kappa shape index (κ1) is 12.7. The molecular formula is C14H23N5. The maximum Gasteiger partial charge on any atom is 0.224 e. The fraction of sp³-hybridized carbons (Fsp3) is 0.714.